The molecule has 3 N–H and O–H groups in total. The molecule has 5 nitrogen and oxygen atoms in total. The van der Waals surface area contributed by atoms with Crippen LogP contribution in [0.5, 0.6) is 0 Å². The summed E-state index contributed by atoms with van der Waals surface area (Å²) in [4.78, 5) is 4.52. The van der Waals surface area contributed by atoms with E-state index in [1.165, 1.54) is 6.26 Å². The van der Waals surface area contributed by atoms with Crippen LogP contribution in [0.25, 0.3) is 10.9 Å². The molecule has 0 unspecified atom stereocenters. The van der Waals surface area contributed by atoms with Crippen LogP contribution in [0.1, 0.15) is 5.56 Å². The summed E-state index contributed by atoms with van der Waals surface area (Å²) in [5, 5.41) is 3.97. The van der Waals surface area contributed by atoms with E-state index >= 15 is 0 Å². The molecular weight excluding hydrogens is 294 g/mol. The molecule has 7 heteroatoms. The van der Waals surface area contributed by atoms with Gasteiger partial charge in [-0.25, -0.2) is 8.42 Å². The van der Waals surface area contributed by atoms with Crippen LogP contribution >= 0.6 is 12.2 Å². The molecule has 0 saturated carbocycles. The van der Waals surface area contributed by atoms with E-state index in [0.29, 0.717) is 12.1 Å². The second kappa shape index (κ2) is 5.72. The fraction of sp³-hybridized carbons (Fsp3) is 0.231. The summed E-state index contributed by atoms with van der Waals surface area (Å²) in [5.41, 5.74) is 7.84. The topological polar surface area (TPSA) is 85.1 Å². The lowest BCUT2D eigenvalue weighted by atomic mass is 10.1. The number of benzene rings is 1. The summed E-state index contributed by atoms with van der Waals surface area (Å²) < 4.78 is 22.4. The molecule has 2 rings (SSSR count). The standard InChI is InChI=1S/C13H15N3O2S2/c1-20(17,18)7-6-15-12-9-4-2-3-5-11(9)16-8-10(12)13(14)19/h2-5,8H,6-7H2,1H3,(H2,14,19)(H,15,16). The monoisotopic (exact) mass is 309 g/mol. The number of hydrogen-bond donors (Lipinski definition) is 2. The van der Waals surface area contributed by atoms with E-state index < -0.39 is 9.84 Å². The maximum Gasteiger partial charge on any atom is 0.149 e. The number of nitrogens with one attached hydrogen (secondary N) is 1. The summed E-state index contributed by atoms with van der Waals surface area (Å²) in [6, 6.07) is 7.54. The Labute approximate surface area is 123 Å². The van der Waals surface area contributed by atoms with Crippen molar-refractivity contribution >= 4 is 43.6 Å². The van der Waals surface area contributed by atoms with Gasteiger partial charge < -0.3 is 11.1 Å². The Kier molecular flexibility index (Phi) is 4.20. The van der Waals surface area contributed by atoms with Crippen molar-refractivity contribution in [3.05, 3.63) is 36.0 Å². The Morgan fingerprint density at radius 1 is 1.40 bits per heavy atom. The lowest BCUT2D eigenvalue weighted by Crippen LogP contribution is -2.18. The summed E-state index contributed by atoms with van der Waals surface area (Å²) >= 11 is 5.02. The van der Waals surface area contributed by atoms with Gasteiger partial charge in [0.15, 0.2) is 0 Å². The van der Waals surface area contributed by atoms with E-state index in [4.69, 9.17) is 18.0 Å². The van der Waals surface area contributed by atoms with Gasteiger partial charge in [0.05, 0.1) is 22.5 Å². The third-order valence-electron chi connectivity index (χ3n) is 2.82. The minimum Gasteiger partial charge on any atom is -0.389 e. The minimum absolute atomic E-state index is 0.0421. The molecule has 0 spiro atoms. The van der Waals surface area contributed by atoms with Crippen molar-refractivity contribution in [2.75, 3.05) is 23.9 Å². The van der Waals surface area contributed by atoms with Crippen LogP contribution in [-0.2, 0) is 9.84 Å². The number of thiocarbonyl (C=S) groups is 1. The van der Waals surface area contributed by atoms with E-state index in [9.17, 15) is 8.42 Å². The van der Waals surface area contributed by atoms with Crippen molar-refractivity contribution in [3.63, 3.8) is 0 Å². The average molecular weight is 309 g/mol. The summed E-state index contributed by atoms with van der Waals surface area (Å²) in [6.45, 7) is 0.294. The summed E-state index contributed by atoms with van der Waals surface area (Å²) in [6.07, 6.45) is 2.81. The van der Waals surface area contributed by atoms with Crippen molar-refractivity contribution in [1.82, 2.24) is 4.98 Å². The number of rotatable bonds is 5. The third-order valence-corrected chi connectivity index (χ3v) is 3.98. The van der Waals surface area contributed by atoms with Crippen molar-refractivity contribution in [2.24, 2.45) is 5.73 Å². The first-order valence-electron chi connectivity index (χ1n) is 5.97. The highest BCUT2D eigenvalue weighted by molar-refractivity contribution is 7.90. The predicted octanol–water partition coefficient (Wildman–Crippen LogP) is 1.33. The van der Waals surface area contributed by atoms with Gasteiger partial charge in [-0.05, 0) is 6.07 Å². The van der Waals surface area contributed by atoms with Gasteiger partial charge in [-0.15, -0.1) is 0 Å². The van der Waals surface area contributed by atoms with Crippen LogP contribution in [0.2, 0.25) is 0 Å². The molecule has 2 aromatic rings. The Morgan fingerprint density at radius 2 is 2.10 bits per heavy atom. The lowest BCUT2D eigenvalue weighted by Gasteiger charge is -2.13. The second-order valence-corrected chi connectivity index (χ2v) is 7.18. The quantitative estimate of drug-likeness (QED) is 0.810. The van der Waals surface area contributed by atoms with Crippen LogP contribution in [-0.4, -0.2) is 36.9 Å². The number of fused-ring (bicyclic) bond motifs is 1. The Morgan fingerprint density at radius 3 is 2.75 bits per heavy atom. The predicted molar refractivity (Wildman–Crippen MR) is 85.8 cm³/mol. The number of para-hydroxylation sites is 1. The molecule has 0 radical (unpaired) electrons. The van der Waals surface area contributed by atoms with Gasteiger partial charge >= 0.3 is 0 Å². The number of anilines is 1. The van der Waals surface area contributed by atoms with Gasteiger partial charge in [-0.1, -0.05) is 30.4 Å². The third kappa shape index (κ3) is 3.43. The molecule has 0 fully saturated rings. The maximum absolute atomic E-state index is 11.2. The molecule has 0 aliphatic carbocycles. The molecule has 0 saturated heterocycles. The number of aromatic nitrogens is 1. The Bertz CT molecular complexity index is 757. The van der Waals surface area contributed by atoms with Gasteiger partial charge in [-0.3, -0.25) is 4.98 Å². The molecule has 1 aromatic heterocycles. The van der Waals surface area contributed by atoms with Crippen LogP contribution in [0.3, 0.4) is 0 Å². The summed E-state index contributed by atoms with van der Waals surface area (Å²) in [7, 11) is -3.02. The smallest absolute Gasteiger partial charge is 0.149 e. The van der Waals surface area contributed by atoms with Crippen molar-refractivity contribution in [1.29, 1.82) is 0 Å². The fourth-order valence-corrected chi connectivity index (χ4v) is 2.51. The van der Waals surface area contributed by atoms with E-state index in [0.717, 1.165) is 16.6 Å². The van der Waals surface area contributed by atoms with Crippen molar-refractivity contribution in [2.45, 2.75) is 0 Å². The molecular formula is C13H15N3O2S2. The lowest BCUT2D eigenvalue weighted by molar-refractivity contribution is 0.602. The second-order valence-electron chi connectivity index (χ2n) is 4.48. The molecule has 20 heavy (non-hydrogen) atoms. The molecule has 1 aromatic carbocycles. The van der Waals surface area contributed by atoms with Gasteiger partial charge in [0.1, 0.15) is 14.8 Å². The molecule has 0 aliphatic rings. The number of hydrogen-bond acceptors (Lipinski definition) is 5. The first kappa shape index (κ1) is 14.7. The number of nitrogens with zero attached hydrogens (tertiary/aromatic N) is 1. The van der Waals surface area contributed by atoms with Crippen LogP contribution in [0.15, 0.2) is 30.5 Å². The van der Waals surface area contributed by atoms with Gasteiger partial charge in [0.2, 0.25) is 0 Å². The zero-order valence-corrected chi connectivity index (χ0v) is 12.6. The normalized spacial score (nSPS) is 11.4. The zero-order chi connectivity index (χ0) is 14.8. The highest BCUT2D eigenvalue weighted by Gasteiger charge is 2.11. The summed E-state index contributed by atoms with van der Waals surface area (Å²) in [5.74, 6) is 0.0421. The Hall–Kier alpha value is -1.73. The highest BCUT2D eigenvalue weighted by atomic mass is 32.2. The largest absolute Gasteiger partial charge is 0.389 e. The Balaban J connectivity index is 2.42. The van der Waals surface area contributed by atoms with Gasteiger partial charge in [0.25, 0.3) is 0 Å². The minimum atomic E-state index is -3.02. The van der Waals surface area contributed by atoms with E-state index in [2.05, 4.69) is 10.3 Å². The molecule has 1 heterocycles. The van der Waals surface area contributed by atoms with Crippen molar-refractivity contribution in [3.8, 4) is 0 Å². The van der Waals surface area contributed by atoms with E-state index in [1.54, 1.807) is 6.20 Å². The molecule has 0 aliphatic heterocycles. The van der Waals surface area contributed by atoms with E-state index in [1.807, 2.05) is 24.3 Å². The number of nitrogens with two attached hydrogens (primary N) is 1. The van der Waals surface area contributed by atoms with Gasteiger partial charge in [-0.2, -0.15) is 0 Å². The average Bonchev–Trinajstić information content (AvgIpc) is 2.37. The molecule has 0 amide bonds. The zero-order valence-electron chi connectivity index (χ0n) is 11.0. The first-order chi connectivity index (χ1) is 9.38. The maximum atomic E-state index is 11.2. The first-order valence-corrected chi connectivity index (χ1v) is 8.44. The van der Waals surface area contributed by atoms with Crippen LogP contribution in [0, 0.1) is 0 Å². The molecule has 0 atom stereocenters. The molecule has 0 bridgehead atoms. The SMILES string of the molecule is CS(=O)(=O)CCNc1c(C(N)=S)cnc2ccccc12. The highest BCUT2D eigenvalue weighted by Crippen LogP contribution is 2.25. The van der Waals surface area contributed by atoms with Crippen molar-refractivity contribution < 1.29 is 8.42 Å². The fourth-order valence-electron chi connectivity index (χ4n) is 1.88. The number of sulfone groups is 1. The van der Waals surface area contributed by atoms with Crippen LogP contribution in [0.4, 0.5) is 5.69 Å². The molecule has 106 valence electrons. The number of pyridine rings is 1. The van der Waals surface area contributed by atoms with Crippen LogP contribution < -0.4 is 11.1 Å². The van der Waals surface area contributed by atoms with Gasteiger partial charge in [0, 0.05) is 24.4 Å². The van der Waals surface area contributed by atoms with E-state index in [-0.39, 0.29) is 10.7 Å².